The maximum Gasteiger partial charge on any atom is 0.0888 e. The van der Waals surface area contributed by atoms with E-state index in [9.17, 15) is 5.11 Å². The molecule has 4 heteroatoms. The first-order valence-corrected chi connectivity index (χ1v) is 6.57. The van der Waals surface area contributed by atoms with Gasteiger partial charge in [0.05, 0.1) is 6.10 Å². The van der Waals surface area contributed by atoms with Gasteiger partial charge in [-0.3, -0.25) is 4.98 Å². The van der Waals surface area contributed by atoms with Crippen molar-refractivity contribution in [3.05, 3.63) is 64.4 Å². The van der Waals surface area contributed by atoms with E-state index in [1.807, 2.05) is 43.3 Å². The molecule has 0 spiro atoms. The third-order valence-electron chi connectivity index (χ3n) is 3.33. The zero-order valence-electron chi connectivity index (χ0n) is 10.8. The van der Waals surface area contributed by atoms with Crippen molar-refractivity contribution < 1.29 is 5.11 Å². The summed E-state index contributed by atoms with van der Waals surface area (Å²) in [5.41, 5.74) is 8.27. The number of rotatable bonds is 4. The molecule has 0 fully saturated rings. The van der Waals surface area contributed by atoms with Crippen molar-refractivity contribution in [2.75, 3.05) is 6.54 Å². The maximum absolute atomic E-state index is 10.6. The molecule has 3 nitrogen and oxygen atoms in total. The van der Waals surface area contributed by atoms with Crippen LogP contribution in [0.4, 0.5) is 0 Å². The molecule has 0 aliphatic rings. The number of hydrogen-bond donors (Lipinski definition) is 2. The first-order chi connectivity index (χ1) is 9.15. The summed E-state index contributed by atoms with van der Waals surface area (Å²) in [5, 5.41) is 11.2. The number of pyridine rings is 1. The van der Waals surface area contributed by atoms with E-state index in [4.69, 9.17) is 17.3 Å². The molecule has 0 saturated heterocycles. The Labute approximate surface area is 118 Å². The summed E-state index contributed by atoms with van der Waals surface area (Å²) in [6.07, 6.45) is 0.994. The molecule has 19 heavy (non-hydrogen) atoms. The number of aliphatic hydroxyl groups excluding tert-OH is 1. The number of aliphatic hydroxyl groups is 1. The molecule has 0 radical (unpaired) electrons. The van der Waals surface area contributed by atoms with E-state index in [1.54, 1.807) is 6.20 Å². The lowest BCUT2D eigenvalue weighted by atomic mass is 9.90. The summed E-state index contributed by atoms with van der Waals surface area (Å²) in [6.45, 7) is 2.22. The smallest absolute Gasteiger partial charge is 0.0888 e. The monoisotopic (exact) mass is 276 g/mol. The zero-order chi connectivity index (χ0) is 13.8. The second-order valence-corrected chi connectivity index (χ2v) is 4.90. The van der Waals surface area contributed by atoms with E-state index in [1.165, 1.54) is 0 Å². The van der Waals surface area contributed by atoms with Gasteiger partial charge >= 0.3 is 0 Å². The summed E-state index contributed by atoms with van der Waals surface area (Å²) >= 11 is 6.09. The third-order valence-corrected chi connectivity index (χ3v) is 3.74. The molecule has 0 aliphatic heterocycles. The van der Waals surface area contributed by atoms with Gasteiger partial charge in [-0.05, 0) is 36.2 Å². The van der Waals surface area contributed by atoms with E-state index in [0.717, 1.165) is 16.8 Å². The minimum Gasteiger partial charge on any atom is -0.388 e. The van der Waals surface area contributed by atoms with Gasteiger partial charge in [0.15, 0.2) is 0 Å². The minimum absolute atomic E-state index is 0.238. The van der Waals surface area contributed by atoms with Gasteiger partial charge in [0.1, 0.15) is 0 Å². The van der Waals surface area contributed by atoms with Crippen LogP contribution in [0.5, 0.6) is 0 Å². The molecule has 0 saturated carbocycles. The molecule has 1 aromatic carbocycles. The average Bonchev–Trinajstić information content (AvgIpc) is 2.44. The molecule has 0 bridgehead atoms. The molecule has 1 heterocycles. The largest absolute Gasteiger partial charge is 0.388 e. The van der Waals surface area contributed by atoms with Gasteiger partial charge in [-0.15, -0.1) is 0 Å². The molecule has 0 aliphatic carbocycles. The highest BCUT2D eigenvalue weighted by atomic mass is 35.5. The fourth-order valence-electron chi connectivity index (χ4n) is 2.17. The Hall–Kier alpha value is -1.42. The highest BCUT2D eigenvalue weighted by molar-refractivity contribution is 6.31. The first kappa shape index (κ1) is 14.0. The van der Waals surface area contributed by atoms with Gasteiger partial charge in [0, 0.05) is 29.4 Å². The summed E-state index contributed by atoms with van der Waals surface area (Å²) in [5.74, 6) is -0.238. The number of hydrogen-bond acceptors (Lipinski definition) is 3. The van der Waals surface area contributed by atoms with Crippen LogP contribution < -0.4 is 5.73 Å². The fourth-order valence-corrected chi connectivity index (χ4v) is 2.35. The number of halogens is 1. The number of aromatic nitrogens is 1. The Kier molecular flexibility index (Phi) is 4.53. The van der Waals surface area contributed by atoms with Crippen molar-refractivity contribution in [3.63, 3.8) is 0 Å². The molecule has 1 aromatic heterocycles. The van der Waals surface area contributed by atoms with Gasteiger partial charge in [0.2, 0.25) is 0 Å². The van der Waals surface area contributed by atoms with Crippen molar-refractivity contribution in [1.82, 2.24) is 4.98 Å². The maximum atomic E-state index is 10.6. The van der Waals surface area contributed by atoms with Gasteiger partial charge in [0.25, 0.3) is 0 Å². The quantitative estimate of drug-likeness (QED) is 0.903. The van der Waals surface area contributed by atoms with Crippen molar-refractivity contribution in [3.8, 4) is 0 Å². The lowest BCUT2D eigenvalue weighted by Crippen LogP contribution is -2.21. The highest BCUT2D eigenvalue weighted by Gasteiger charge is 2.24. The van der Waals surface area contributed by atoms with Gasteiger partial charge in [-0.25, -0.2) is 0 Å². The Morgan fingerprint density at radius 3 is 2.68 bits per heavy atom. The van der Waals surface area contributed by atoms with Gasteiger partial charge < -0.3 is 10.8 Å². The fraction of sp³-hybridized carbons (Fsp3) is 0.267. The molecule has 2 aromatic rings. The highest BCUT2D eigenvalue weighted by Crippen LogP contribution is 2.33. The first-order valence-electron chi connectivity index (χ1n) is 6.19. The number of nitrogens with zero attached hydrogens (tertiary/aromatic N) is 1. The molecule has 2 unspecified atom stereocenters. The molecule has 2 atom stereocenters. The van der Waals surface area contributed by atoms with E-state index in [2.05, 4.69) is 4.98 Å². The van der Waals surface area contributed by atoms with Crippen LogP contribution in [0.15, 0.2) is 42.6 Å². The van der Waals surface area contributed by atoms with Crippen LogP contribution in [0, 0.1) is 6.92 Å². The topological polar surface area (TPSA) is 59.1 Å². The number of benzene rings is 1. The third kappa shape index (κ3) is 2.95. The van der Waals surface area contributed by atoms with Crippen LogP contribution in [0.2, 0.25) is 5.02 Å². The zero-order valence-corrected chi connectivity index (χ0v) is 11.5. The molecule has 0 amide bonds. The lowest BCUT2D eigenvalue weighted by Gasteiger charge is -2.23. The summed E-state index contributed by atoms with van der Waals surface area (Å²) in [6, 6.07) is 11.1. The number of nitrogens with two attached hydrogens (primary N) is 1. The van der Waals surface area contributed by atoms with Crippen molar-refractivity contribution in [2.45, 2.75) is 18.9 Å². The standard InChI is InChI=1S/C15H17ClN2O/c1-10-11(5-4-6-13(10)16)15(19)12(9-17)14-7-2-3-8-18-14/h2-8,12,15,19H,9,17H2,1H3. The van der Waals surface area contributed by atoms with Crippen LogP contribution in [-0.4, -0.2) is 16.6 Å². The predicted octanol–water partition coefficient (Wildman–Crippen LogP) is 2.82. The summed E-state index contributed by atoms with van der Waals surface area (Å²) in [4.78, 5) is 4.28. The van der Waals surface area contributed by atoms with Crippen molar-refractivity contribution in [2.24, 2.45) is 5.73 Å². The molecule has 100 valence electrons. The molecular formula is C15H17ClN2O. The molecular weight excluding hydrogens is 260 g/mol. The Bertz CT molecular complexity index is 545. The van der Waals surface area contributed by atoms with Gasteiger partial charge in [-0.1, -0.05) is 29.8 Å². The summed E-state index contributed by atoms with van der Waals surface area (Å²) in [7, 11) is 0. The van der Waals surface area contributed by atoms with E-state index < -0.39 is 6.10 Å². The summed E-state index contributed by atoms with van der Waals surface area (Å²) < 4.78 is 0. The van der Waals surface area contributed by atoms with Crippen molar-refractivity contribution >= 4 is 11.6 Å². The van der Waals surface area contributed by atoms with Crippen LogP contribution >= 0.6 is 11.6 Å². The van der Waals surface area contributed by atoms with Crippen LogP contribution in [0.3, 0.4) is 0 Å². The minimum atomic E-state index is -0.710. The Morgan fingerprint density at radius 1 is 1.26 bits per heavy atom. The second-order valence-electron chi connectivity index (χ2n) is 4.50. The second kappa shape index (κ2) is 6.15. The predicted molar refractivity (Wildman–Crippen MR) is 77.2 cm³/mol. The Balaban J connectivity index is 2.36. The van der Waals surface area contributed by atoms with Gasteiger partial charge in [-0.2, -0.15) is 0 Å². The lowest BCUT2D eigenvalue weighted by molar-refractivity contribution is 0.145. The molecule has 2 rings (SSSR count). The SMILES string of the molecule is Cc1c(Cl)cccc1C(O)C(CN)c1ccccn1. The molecule has 3 N–H and O–H groups in total. The van der Waals surface area contributed by atoms with Crippen LogP contribution in [0.25, 0.3) is 0 Å². The Morgan fingerprint density at radius 2 is 2.05 bits per heavy atom. The van der Waals surface area contributed by atoms with Crippen LogP contribution in [0.1, 0.15) is 28.8 Å². The van der Waals surface area contributed by atoms with E-state index >= 15 is 0 Å². The van der Waals surface area contributed by atoms with E-state index in [0.29, 0.717) is 11.6 Å². The van der Waals surface area contributed by atoms with E-state index in [-0.39, 0.29) is 5.92 Å². The normalized spacial score (nSPS) is 14.1. The van der Waals surface area contributed by atoms with Crippen molar-refractivity contribution in [1.29, 1.82) is 0 Å². The van der Waals surface area contributed by atoms with Crippen LogP contribution in [-0.2, 0) is 0 Å². The average molecular weight is 277 g/mol.